The van der Waals surface area contributed by atoms with Crippen LogP contribution >= 0.6 is 0 Å². The van der Waals surface area contributed by atoms with Gasteiger partial charge in [0.05, 0.1) is 36.5 Å². The average molecular weight is 301 g/mol. The van der Waals surface area contributed by atoms with Gasteiger partial charge in [-0.25, -0.2) is 9.97 Å². The van der Waals surface area contributed by atoms with Crippen LogP contribution in [0.2, 0.25) is 0 Å². The first-order chi connectivity index (χ1) is 10.7. The van der Waals surface area contributed by atoms with E-state index in [9.17, 15) is 0 Å². The quantitative estimate of drug-likeness (QED) is 0.920. The molecule has 22 heavy (non-hydrogen) atoms. The molecule has 0 aliphatic carbocycles. The predicted octanol–water partition coefficient (Wildman–Crippen LogP) is 2.71. The van der Waals surface area contributed by atoms with Crippen LogP contribution in [0.15, 0.2) is 12.5 Å². The topological polar surface area (TPSA) is 64.9 Å². The Balaban J connectivity index is 1.89. The Kier molecular flexibility index (Phi) is 4.38. The van der Waals surface area contributed by atoms with Crippen LogP contribution in [-0.4, -0.2) is 26.4 Å². The van der Waals surface area contributed by atoms with Gasteiger partial charge in [0, 0.05) is 18.5 Å². The molecule has 1 N–H and O–H groups in total. The van der Waals surface area contributed by atoms with Gasteiger partial charge in [-0.2, -0.15) is 5.10 Å². The summed E-state index contributed by atoms with van der Waals surface area (Å²) >= 11 is 0. The molecule has 0 unspecified atom stereocenters. The van der Waals surface area contributed by atoms with Crippen molar-refractivity contribution >= 4 is 11.5 Å². The van der Waals surface area contributed by atoms with E-state index in [-0.39, 0.29) is 0 Å². The van der Waals surface area contributed by atoms with Gasteiger partial charge in [-0.05, 0) is 12.3 Å². The maximum Gasteiger partial charge on any atom is 0.139 e. The van der Waals surface area contributed by atoms with E-state index in [0.717, 1.165) is 48.8 Å². The smallest absolute Gasteiger partial charge is 0.139 e. The number of nitrogens with one attached hydrogen (secondary N) is 1. The summed E-state index contributed by atoms with van der Waals surface area (Å²) < 4.78 is 7.63. The van der Waals surface area contributed by atoms with E-state index >= 15 is 0 Å². The summed E-state index contributed by atoms with van der Waals surface area (Å²) in [5, 5.41) is 7.95. The van der Waals surface area contributed by atoms with Crippen molar-refractivity contribution in [1.29, 1.82) is 0 Å². The molecule has 0 saturated carbocycles. The molecule has 1 aliphatic heterocycles. The maximum atomic E-state index is 5.55. The molecule has 1 aliphatic rings. The SMILES string of the molecule is CCc1c(Nc2ncnc3c2COCC3)cnn1CC(C)C. The lowest BCUT2D eigenvalue weighted by atomic mass is 10.1. The highest BCUT2D eigenvalue weighted by molar-refractivity contribution is 5.61. The molecule has 0 aromatic carbocycles. The highest BCUT2D eigenvalue weighted by Crippen LogP contribution is 2.26. The van der Waals surface area contributed by atoms with Crippen molar-refractivity contribution in [3.63, 3.8) is 0 Å². The van der Waals surface area contributed by atoms with E-state index in [4.69, 9.17) is 4.74 Å². The van der Waals surface area contributed by atoms with Crippen molar-refractivity contribution in [2.75, 3.05) is 11.9 Å². The van der Waals surface area contributed by atoms with Crippen LogP contribution in [0.3, 0.4) is 0 Å². The minimum Gasteiger partial charge on any atom is -0.376 e. The van der Waals surface area contributed by atoms with Gasteiger partial charge in [-0.3, -0.25) is 4.68 Å². The zero-order chi connectivity index (χ0) is 15.5. The molecule has 6 nitrogen and oxygen atoms in total. The van der Waals surface area contributed by atoms with Crippen LogP contribution in [0.1, 0.15) is 37.7 Å². The van der Waals surface area contributed by atoms with E-state index < -0.39 is 0 Å². The van der Waals surface area contributed by atoms with Crippen LogP contribution in [0, 0.1) is 5.92 Å². The fraction of sp³-hybridized carbons (Fsp3) is 0.562. The maximum absolute atomic E-state index is 5.55. The zero-order valence-corrected chi connectivity index (χ0v) is 13.5. The van der Waals surface area contributed by atoms with Gasteiger partial charge in [-0.15, -0.1) is 0 Å². The second-order valence-corrected chi connectivity index (χ2v) is 6.01. The molecule has 0 atom stereocenters. The molecule has 0 spiro atoms. The lowest BCUT2D eigenvalue weighted by Gasteiger charge is -2.18. The summed E-state index contributed by atoms with van der Waals surface area (Å²) in [6, 6.07) is 0. The van der Waals surface area contributed by atoms with Crippen molar-refractivity contribution in [1.82, 2.24) is 19.7 Å². The van der Waals surface area contributed by atoms with Gasteiger partial charge in [0.25, 0.3) is 0 Å². The second kappa shape index (κ2) is 6.44. The third kappa shape index (κ3) is 2.97. The summed E-state index contributed by atoms with van der Waals surface area (Å²) in [7, 11) is 0. The standard InChI is InChI=1S/C16H23N5O/c1-4-15-14(7-19-21(15)8-11(2)3)20-16-12-9-22-6-5-13(12)17-10-18-16/h7,10-11H,4-6,8-9H2,1-3H3,(H,17,18,20). The van der Waals surface area contributed by atoms with E-state index in [1.54, 1.807) is 6.33 Å². The molecule has 0 amide bonds. The normalized spacial score (nSPS) is 14.2. The minimum atomic E-state index is 0.568. The van der Waals surface area contributed by atoms with Crippen LogP contribution in [0.4, 0.5) is 11.5 Å². The Hall–Kier alpha value is -1.95. The average Bonchev–Trinajstić information content (AvgIpc) is 2.88. The number of nitrogens with zero attached hydrogens (tertiary/aromatic N) is 4. The largest absolute Gasteiger partial charge is 0.376 e. The molecule has 0 radical (unpaired) electrons. The number of fused-ring (bicyclic) bond motifs is 1. The van der Waals surface area contributed by atoms with Crippen molar-refractivity contribution < 1.29 is 4.74 Å². The molecule has 0 saturated heterocycles. The summed E-state index contributed by atoms with van der Waals surface area (Å²) in [5.74, 6) is 1.40. The first kappa shape index (κ1) is 15.0. The Morgan fingerprint density at radius 3 is 3.00 bits per heavy atom. The molecular weight excluding hydrogens is 278 g/mol. The number of hydrogen-bond acceptors (Lipinski definition) is 5. The first-order valence-corrected chi connectivity index (χ1v) is 7.91. The molecule has 118 valence electrons. The van der Waals surface area contributed by atoms with Gasteiger partial charge < -0.3 is 10.1 Å². The molecule has 2 aromatic rings. The number of rotatable bonds is 5. The number of ether oxygens (including phenoxy) is 1. The second-order valence-electron chi connectivity index (χ2n) is 6.01. The summed E-state index contributed by atoms with van der Waals surface area (Å²) in [5.41, 5.74) is 4.37. The van der Waals surface area contributed by atoms with Gasteiger partial charge in [0.2, 0.25) is 0 Å². The van der Waals surface area contributed by atoms with E-state index in [0.29, 0.717) is 12.5 Å². The zero-order valence-electron chi connectivity index (χ0n) is 13.5. The number of hydrogen-bond donors (Lipinski definition) is 1. The molecule has 0 fully saturated rings. The number of anilines is 2. The van der Waals surface area contributed by atoms with Gasteiger partial charge >= 0.3 is 0 Å². The van der Waals surface area contributed by atoms with Gasteiger partial charge in [0.1, 0.15) is 12.1 Å². The Morgan fingerprint density at radius 2 is 2.23 bits per heavy atom. The lowest BCUT2D eigenvalue weighted by molar-refractivity contribution is 0.109. The molecule has 0 bridgehead atoms. The Labute approximate surface area is 130 Å². The fourth-order valence-electron chi connectivity index (χ4n) is 2.79. The van der Waals surface area contributed by atoms with Crippen molar-refractivity contribution in [3.05, 3.63) is 29.5 Å². The van der Waals surface area contributed by atoms with Crippen molar-refractivity contribution in [2.45, 2.75) is 46.8 Å². The fourth-order valence-corrected chi connectivity index (χ4v) is 2.79. The third-order valence-electron chi connectivity index (χ3n) is 3.84. The lowest BCUT2D eigenvalue weighted by Crippen LogP contribution is -2.15. The molecular formula is C16H23N5O. The van der Waals surface area contributed by atoms with E-state index in [1.807, 2.05) is 6.20 Å². The summed E-state index contributed by atoms with van der Waals surface area (Å²) in [6.07, 6.45) is 5.29. The van der Waals surface area contributed by atoms with Gasteiger partial charge in [-0.1, -0.05) is 20.8 Å². The van der Waals surface area contributed by atoms with Crippen molar-refractivity contribution in [2.24, 2.45) is 5.92 Å². The van der Waals surface area contributed by atoms with Crippen LogP contribution in [-0.2, 0) is 30.7 Å². The highest BCUT2D eigenvalue weighted by atomic mass is 16.5. The Morgan fingerprint density at radius 1 is 1.36 bits per heavy atom. The monoisotopic (exact) mass is 301 g/mol. The summed E-state index contributed by atoms with van der Waals surface area (Å²) in [6.45, 7) is 8.78. The number of aromatic nitrogens is 4. The van der Waals surface area contributed by atoms with Crippen LogP contribution < -0.4 is 5.32 Å². The minimum absolute atomic E-state index is 0.568. The van der Waals surface area contributed by atoms with Gasteiger partial charge in [0.15, 0.2) is 0 Å². The van der Waals surface area contributed by atoms with Crippen molar-refractivity contribution in [3.8, 4) is 0 Å². The van der Waals surface area contributed by atoms with E-state index in [1.165, 1.54) is 5.69 Å². The summed E-state index contributed by atoms with van der Waals surface area (Å²) in [4.78, 5) is 8.75. The molecule has 6 heteroatoms. The van der Waals surface area contributed by atoms with E-state index in [2.05, 4.69) is 45.8 Å². The Bertz CT molecular complexity index is 650. The molecule has 3 rings (SSSR count). The first-order valence-electron chi connectivity index (χ1n) is 7.91. The highest BCUT2D eigenvalue weighted by Gasteiger charge is 2.18. The molecule has 3 heterocycles. The van der Waals surface area contributed by atoms with Crippen LogP contribution in [0.25, 0.3) is 0 Å². The predicted molar refractivity (Wildman–Crippen MR) is 85.1 cm³/mol. The third-order valence-corrected chi connectivity index (χ3v) is 3.84. The molecule has 2 aromatic heterocycles. The van der Waals surface area contributed by atoms with Crippen LogP contribution in [0.5, 0.6) is 0 Å².